The molecule has 124 valence electrons. The summed E-state index contributed by atoms with van der Waals surface area (Å²) >= 11 is 0. The maximum atomic E-state index is 12.1. The van der Waals surface area contributed by atoms with Gasteiger partial charge in [0.25, 0.3) is 0 Å². The van der Waals surface area contributed by atoms with E-state index in [2.05, 4.69) is 0 Å². The van der Waals surface area contributed by atoms with E-state index in [4.69, 9.17) is 9.47 Å². The Morgan fingerprint density at radius 1 is 1.26 bits per heavy atom. The zero-order valence-corrected chi connectivity index (χ0v) is 12.9. The molecule has 2 fully saturated rings. The molecule has 2 aliphatic heterocycles. The van der Waals surface area contributed by atoms with Crippen molar-refractivity contribution in [1.82, 2.24) is 4.90 Å². The van der Waals surface area contributed by atoms with E-state index in [0.717, 1.165) is 12.0 Å². The molecule has 0 spiro atoms. The van der Waals surface area contributed by atoms with Crippen molar-refractivity contribution in [3.05, 3.63) is 35.9 Å². The second kappa shape index (κ2) is 7.00. The summed E-state index contributed by atoms with van der Waals surface area (Å²) in [6, 6.07) is 9.53. The van der Waals surface area contributed by atoms with Crippen molar-refractivity contribution >= 4 is 12.1 Å². The van der Waals surface area contributed by atoms with E-state index in [1.54, 1.807) is 4.90 Å². The molecule has 0 saturated carbocycles. The maximum absolute atomic E-state index is 12.1. The summed E-state index contributed by atoms with van der Waals surface area (Å²) < 4.78 is 10.9. The number of amides is 1. The highest BCUT2D eigenvalue weighted by atomic mass is 16.6. The molecule has 2 saturated heterocycles. The van der Waals surface area contributed by atoms with Gasteiger partial charge in [0.2, 0.25) is 0 Å². The van der Waals surface area contributed by atoms with Crippen molar-refractivity contribution in [3.63, 3.8) is 0 Å². The zero-order valence-electron chi connectivity index (χ0n) is 12.9. The molecular weight excluding hydrogens is 298 g/mol. The lowest BCUT2D eigenvalue weighted by Gasteiger charge is -2.22. The number of carbonyl (C=O) groups excluding carboxylic acids is 1. The maximum Gasteiger partial charge on any atom is 0.410 e. The molecule has 6 heteroatoms. The first-order chi connectivity index (χ1) is 11.1. The Kier molecular flexibility index (Phi) is 4.81. The summed E-state index contributed by atoms with van der Waals surface area (Å²) in [5.41, 5.74) is 0.946. The van der Waals surface area contributed by atoms with Gasteiger partial charge >= 0.3 is 12.1 Å². The van der Waals surface area contributed by atoms with E-state index < -0.39 is 11.9 Å². The second-order valence-corrected chi connectivity index (χ2v) is 6.10. The molecule has 1 aromatic rings. The van der Waals surface area contributed by atoms with Gasteiger partial charge < -0.3 is 19.5 Å². The molecule has 0 aliphatic carbocycles. The molecule has 1 N–H and O–H groups in total. The van der Waals surface area contributed by atoms with Crippen molar-refractivity contribution in [1.29, 1.82) is 0 Å². The molecular formula is C17H21NO5. The Morgan fingerprint density at radius 3 is 2.78 bits per heavy atom. The van der Waals surface area contributed by atoms with Crippen molar-refractivity contribution in [2.24, 2.45) is 11.8 Å². The fourth-order valence-electron chi connectivity index (χ4n) is 3.37. The first-order valence-electron chi connectivity index (χ1n) is 7.95. The molecule has 23 heavy (non-hydrogen) atoms. The van der Waals surface area contributed by atoms with Crippen LogP contribution in [0.4, 0.5) is 4.79 Å². The first kappa shape index (κ1) is 15.8. The van der Waals surface area contributed by atoms with Gasteiger partial charge in [-0.2, -0.15) is 0 Å². The zero-order chi connectivity index (χ0) is 16.2. The lowest BCUT2D eigenvalue weighted by Crippen LogP contribution is -2.35. The van der Waals surface area contributed by atoms with Crippen LogP contribution in [0.25, 0.3) is 0 Å². The Balaban J connectivity index is 1.51. The van der Waals surface area contributed by atoms with Gasteiger partial charge in [-0.05, 0) is 18.4 Å². The van der Waals surface area contributed by atoms with E-state index in [0.29, 0.717) is 26.1 Å². The highest BCUT2D eigenvalue weighted by Crippen LogP contribution is 2.32. The molecule has 1 aromatic carbocycles. The van der Waals surface area contributed by atoms with E-state index in [1.807, 2.05) is 30.3 Å². The summed E-state index contributed by atoms with van der Waals surface area (Å²) in [6.07, 6.45) is 0.671. The van der Waals surface area contributed by atoms with Crippen LogP contribution in [0.3, 0.4) is 0 Å². The molecule has 0 bridgehead atoms. The number of hydrogen-bond acceptors (Lipinski definition) is 4. The van der Waals surface area contributed by atoms with Crippen LogP contribution in [0, 0.1) is 11.8 Å². The van der Waals surface area contributed by atoms with Crippen molar-refractivity contribution in [2.75, 3.05) is 19.7 Å². The average Bonchev–Trinajstić information content (AvgIpc) is 3.22. The Labute approximate surface area is 135 Å². The van der Waals surface area contributed by atoms with E-state index in [1.165, 1.54) is 0 Å². The molecule has 6 nitrogen and oxygen atoms in total. The monoisotopic (exact) mass is 319 g/mol. The fraction of sp³-hybridized carbons (Fsp3) is 0.529. The largest absolute Gasteiger partial charge is 0.481 e. The van der Waals surface area contributed by atoms with Gasteiger partial charge in [0.15, 0.2) is 0 Å². The smallest absolute Gasteiger partial charge is 0.410 e. The van der Waals surface area contributed by atoms with Gasteiger partial charge in [0, 0.05) is 25.6 Å². The van der Waals surface area contributed by atoms with Crippen LogP contribution in [0.2, 0.25) is 0 Å². The van der Waals surface area contributed by atoms with Gasteiger partial charge in [-0.15, -0.1) is 0 Å². The Bertz CT molecular complexity index is 561. The highest BCUT2D eigenvalue weighted by molar-refractivity contribution is 5.71. The first-order valence-corrected chi connectivity index (χ1v) is 7.95. The van der Waals surface area contributed by atoms with Gasteiger partial charge in [-0.25, -0.2) is 4.79 Å². The third-order valence-electron chi connectivity index (χ3n) is 4.61. The van der Waals surface area contributed by atoms with Gasteiger partial charge in [-0.1, -0.05) is 30.3 Å². The Hall–Kier alpha value is -2.08. The molecule has 0 radical (unpaired) electrons. The minimum Gasteiger partial charge on any atom is -0.481 e. The third kappa shape index (κ3) is 3.64. The number of hydrogen-bond donors (Lipinski definition) is 1. The second-order valence-electron chi connectivity index (χ2n) is 6.10. The van der Waals surface area contributed by atoms with Crippen LogP contribution >= 0.6 is 0 Å². The number of benzene rings is 1. The average molecular weight is 319 g/mol. The normalized spacial score (nSPS) is 27.1. The molecule has 2 aliphatic rings. The number of carbonyl (C=O) groups is 2. The summed E-state index contributed by atoms with van der Waals surface area (Å²) in [7, 11) is 0. The molecule has 3 atom stereocenters. The van der Waals surface area contributed by atoms with Gasteiger partial charge in [0.05, 0.1) is 12.0 Å². The molecule has 3 rings (SSSR count). The summed E-state index contributed by atoms with van der Waals surface area (Å²) in [5, 5.41) is 9.24. The number of nitrogens with zero attached hydrogens (tertiary/aromatic N) is 1. The molecule has 2 heterocycles. The lowest BCUT2D eigenvalue weighted by atomic mass is 9.90. The highest BCUT2D eigenvalue weighted by Gasteiger charge is 2.42. The van der Waals surface area contributed by atoms with Crippen molar-refractivity contribution in [2.45, 2.75) is 25.6 Å². The van der Waals surface area contributed by atoms with Crippen molar-refractivity contribution in [3.8, 4) is 0 Å². The number of rotatable bonds is 4. The van der Waals surface area contributed by atoms with E-state index in [-0.39, 0.29) is 24.7 Å². The molecule has 0 aromatic heterocycles. The summed E-state index contributed by atoms with van der Waals surface area (Å²) in [4.78, 5) is 25.0. The topological polar surface area (TPSA) is 76.1 Å². The quantitative estimate of drug-likeness (QED) is 0.920. The van der Waals surface area contributed by atoms with Crippen LogP contribution in [-0.2, 0) is 20.9 Å². The van der Waals surface area contributed by atoms with Gasteiger partial charge in [0.1, 0.15) is 6.61 Å². The number of aliphatic carboxylic acids is 1. The van der Waals surface area contributed by atoms with E-state index >= 15 is 0 Å². The van der Waals surface area contributed by atoms with Crippen molar-refractivity contribution < 1.29 is 24.2 Å². The number of carboxylic acids is 1. The van der Waals surface area contributed by atoms with E-state index in [9.17, 15) is 14.7 Å². The van der Waals surface area contributed by atoms with Crippen LogP contribution in [0.1, 0.15) is 18.4 Å². The number of ether oxygens (including phenoxy) is 2. The van der Waals surface area contributed by atoms with Gasteiger partial charge in [-0.3, -0.25) is 4.79 Å². The minimum atomic E-state index is -0.808. The lowest BCUT2D eigenvalue weighted by molar-refractivity contribution is -0.144. The minimum absolute atomic E-state index is 0.0721. The van der Waals surface area contributed by atoms with Crippen LogP contribution in [0.15, 0.2) is 30.3 Å². The number of likely N-dealkylation sites (tertiary alicyclic amines) is 1. The fourth-order valence-corrected chi connectivity index (χ4v) is 3.37. The third-order valence-corrected chi connectivity index (χ3v) is 4.61. The SMILES string of the molecule is O=C(O)[C@H]1CCO[C@@H]1C1CCN(C(=O)OCc2ccccc2)C1. The summed E-state index contributed by atoms with van der Waals surface area (Å²) in [6.45, 7) is 1.82. The van der Waals surface area contributed by atoms with Crippen LogP contribution in [-0.4, -0.2) is 47.9 Å². The standard InChI is InChI=1S/C17H21NO5/c19-16(20)14-7-9-22-15(14)13-6-8-18(10-13)17(21)23-11-12-4-2-1-3-5-12/h1-5,13-15H,6-11H2,(H,19,20)/t13?,14-,15+/m0/s1. The molecule has 1 amide bonds. The van der Waals surface area contributed by atoms with Crippen LogP contribution < -0.4 is 0 Å². The molecule has 1 unspecified atom stereocenters. The number of carboxylic acid groups (broad SMARTS) is 1. The van der Waals surface area contributed by atoms with Crippen LogP contribution in [0.5, 0.6) is 0 Å². The predicted octanol–water partition coefficient (Wildman–Crippen LogP) is 2.13. The summed E-state index contributed by atoms with van der Waals surface area (Å²) in [5.74, 6) is -1.19. The Morgan fingerprint density at radius 2 is 2.04 bits per heavy atom. The predicted molar refractivity (Wildman–Crippen MR) is 81.8 cm³/mol.